The van der Waals surface area contributed by atoms with Crippen LogP contribution in [0.15, 0.2) is 12.7 Å². The van der Waals surface area contributed by atoms with Gasteiger partial charge in [0.15, 0.2) is 0 Å². The van der Waals surface area contributed by atoms with Crippen LogP contribution in [0.2, 0.25) is 0 Å². The molecule has 2 amide bonds. The first-order valence-corrected chi connectivity index (χ1v) is 6.97. The predicted molar refractivity (Wildman–Crippen MR) is 76.2 cm³/mol. The molecule has 0 radical (unpaired) electrons. The summed E-state index contributed by atoms with van der Waals surface area (Å²) in [5, 5.41) is 2.97. The zero-order valence-corrected chi connectivity index (χ0v) is 12.2. The Balaban J connectivity index is 2.81. The SMILES string of the molecule is C=CCC(C(N)=O)[C@@H](CC1CC1)C(=O)NC(C)(C)C. The third-order valence-electron chi connectivity index (χ3n) is 3.39. The normalized spacial score (nSPS) is 18.5. The van der Waals surface area contributed by atoms with Crippen molar-refractivity contribution in [1.29, 1.82) is 0 Å². The molecule has 1 aliphatic carbocycles. The van der Waals surface area contributed by atoms with Crippen LogP contribution in [-0.4, -0.2) is 17.4 Å². The molecule has 1 fully saturated rings. The average molecular weight is 266 g/mol. The Labute approximate surface area is 115 Å². The van der Waals surface area contributed by atoms with Gasteiger partial charge >= 0.3 is 0 Å². The number of nitrogens with one attached hydrogen (secondary N) is 1. The van der Waals surface area contributed by atoms with Crippen molar-refractivity contribution in [2.45, 2.75) is 52.0 Å². The largest absolute Gasteiger partial charge is 0.369 e. The standard InChI is InChI=1S/C15H26N2O2/c1-5-6-11(13(16)18)12(9-10-7-8-10)14(19)17-15(2,3)4/h5,10-12H,1,6-9H2,2-4H3,(H2,16,18)(H,17,19)/t11?,12-/m1/s1. The molecule has 0 aromatic heterocycles. The van der Waals surface area contributed by atoms with Crippen molar-refractivity contribution in [2.24, 2.45) is 23.5 Å². The van der Waals surface area contributed by atoms with E-state index in [1.54, 1.807) is 6.08 Å². The monoisotopic (exact) mass is 266 g/mol. The number of primary amides is 1. The minimum absolute atomic E-state index is 0.0648. The van der Waals surface area contributed by atoms with Gasteiger partial charge in [-0.15, -0.1) is 6.58 Å². The number of carbonyl (C=O) groups excluding carboxylic acids is 2. The van der Waals surface area contributed by atoms with Gasteiger partial charge in [0.25, 0.3) is 0 Å². The molecule has 4 heteroatoms. The number of carbonyl (C=O) groups is 2. The van der Waals surface area contributed by atoms with E-state index in [2.05, 4.69) is 11.9 Å². The molecule has 1 saturated carbocycles. The zero-order chi connectivity index (χ0) is 14.6. The molecule has 1 aliphatic rings. The van der Waals surface area contributed by atoms with E-state index in [-0.39, 0.29) is 17.4 Å². The van der Waals surface area contributed by atoms with Gasteiger partial charge in [-0.3, -0.25) is 9.59 Å². The highest BCUT2D eigenvalue weighted by Gasteiger charge is 2.37. The molecule has 3 N–H and O–H groups in total. The van der Waals surface area contributed by atoms with Crippen molar-refractivity contribution < 1.29 is 9.59 Å². The Morgan fingerprint density at radius 2 is 1.95 bits per heavy atom. The van der Waals surface area contributed by atoms with Crippen molar-refractivity contribution in [3.8, 4) is 0 Å². The maximum absolute atomic E-state index is 12.4. The lowest BCUT2D eigenvalue weighted by molar-refractivity contribution is -0.134. The van der Waals surface area contributed by atoms with Crippen LogP contribution < -0.4 is 11.1 Å². The third kappa shape index (κ3) is 5.45. The predicted octanol–water partition coefficient (Wildman–Crippen LogP) is 1.99. The van der Waals surface area contributed by atoms with E-state index < -0.39 is 11.8 Å². The van der Waals surface area contributed by atoms with Gasteiger partial charge in [0.2, 0.25) is 11.8 Å². The summed E-state index contributed by atoms with van der Waals surface area (Å²) in [5.41, 5.74) is 5.16. The van der Waals surface area contributed by atoms with Gasteiger partial charge in [-0.1, -0.05) is 18.9 Å². The molecular formula is C15H26N2O2. The summed E-state index contributed by atoms with van der Waals surface area (Å²) in [6.07, 6.45) is 5.19. The first-order chi connectivity index (χ1) is 8.74. The number of rotatable bonds is 7. The molecule has 0 aliphatic heterocycles. The summed E-state index contributed by atoms with van der Waals surface area (Å²) in [5.74, 6) is -0.676. The van der Waals surface area contributed by atoms with E-state index >= 15 is 0 Å². The van der Waals surface area contributed by atoms with E-state index in [0.717, 1.165) is 19.3 Å². The first-order valence-electron chi connectivity index (χ1n) is 6.97. The van der Waals surface area contributed by atoms with Crippen molar-refractivity contribution in [1.82, 2.24) is 5.32 Å². The second kappa shape index (κ2) is 6.22. The second-order valence-corrected chi connectivity index (χ2v) is 6.56. The molecule has 19 heavy (non-hydrogen) atoms. The Hall–Kier alpha value is -1.32. The molecule has 0 saturated heterocycles. The number of hydrogen-bond donors (Lipinski definition) is 2. The molecule has 4 nitrogen and oxygen atoms in total. The van der Waals surface area contributed by atoms with Gasteiger partial charge in [-0.05, 0) is 39.5 Å². The summed E-state index contributed by atoms with van der Waals surface area (Å²) < 4.78 is 0. The topological polar surface area (TPSA) is 72.2 Å². The molecule has 0 aromatic rings. The summed E-state index contributed by atoms with van der Waals surface area (Å²) in [4.78, 5) is 24.0. The fraction of sp³-hybridized carbons (Fsp3) is 0.733. The van der Waals surface area contributed by atoms with E-state index in [4.69, 9.17) is 5.73 Å². The molecule has 0 aromatic carbocycles. The van der Waals surface area contributed by atoms with Crippen LogP contribution in [0.25, 0.3) is 0 Å². The quantitative estimate of drug-likeness (QED) is 0.692. The summed E-state index contributed by atoms with van der Waals surface area (Å²) in [6, 6.07) is 0. The minimum atomic E-state index is -0.444. The Kier molecular flexibility index (Phi) is 5.15. The van der Waals surface area contributed by atoms with Gasteiger partial charge in [-0.2, -0.15) is 0 Å². The lowest BCUT2D eigenvalue weighted by Gasteiger charge is -2.28. The number of hydrogen-bond acceptors (Lipinski definition) is 2. The van der Waals surface area contributed by atoms with E-state index in [9.17, 15) is 9.59 Å². The molecular weight excluding hydrogens is 240 g/mol. The van der Waals surface area contributed by atoms with Crippen molar-refractivity contribution in [2.75, 3.05) is 0 Å². The summed E-state index contributed by atoms with van der Waals surface area (Å²) in [6.45, 7) is 9.46. The highest BCUT2D eigenvalue weighted by Crippen LogP contribution is 2.38. The van der Waals surface area contributed by atoms with Crippen LogP contribution in [0.1, 0.15) is 46.5 Å². The molecule has 0 heterocycles. The van der Waals surface area contributed by atoms with E-state index in [1.807, 2.05) is 20.8 Å². The van der Waals surface area contributed by atoms with Gasteiger partial charge < -0.3 is 11.1 Å². The lowest BCUT2D eigenvalue weighted by atomic mass is 9.83. The molecule has 1 rings (SSSR count). The third-order valence-corrected chi connectivity index (χ3v) is 3.39. The fourth-order valence-corrected chi connectivity index (χ4v) is 2.29. The maximum Gasteiger partial charge on any atom is 0.224 e. The molecule has 108 valence electrons. The number of amides is 2. The molecule has 0 bridgehead atoms. The van der Waals surface area contributed by atoms with Crippen molar-refractivity contribution in [3.05, 3.63) is 12.7 Å². The summed E-state index contributed by atoms with van der Waals surface area (Å²) >= 11 is 0. The average Bonchev–Trinajstić information content (AvgIpc) is 3.04. The van der Waals surface area contributed by atoms with Crippen LogP contribution in [0.5, 0.6) is 0 Å². The second-order valence-electron chi connectivity index (χ2n) is 6.56. The molecule has 0 spiro atoms. The van der Waals surface area contributed by atoms with E-state index in [0.29, 0.717) is 12.3 Å². The van der Waals surface area contributed by atoms with Gasteiger partial charge in [-0.25, -0.2) is 0 Å². The fourth-order valence-electron chi connectivity index (χ4n) is 2.29. The number of allylic oxidation sites excluding steroid dienone is 1. The van der Waals surface area contributed by atoms with Crippen LogP contribution in [0, 0.1) is 17.8 Å². The minimum Gasteiger partial charge on any atom is -0.369 e. The van der Waals surface area contributed by atoms with Crippen LogP contribution in [0.3, 0.4) is 0 Å². The number of nitrogens with two attached hydrogens (primary N) is 1. The highest BCUT2D eigenvalue weighted by molar-refractivity contribution is 5.87. The maximum atomic E-state index is 12.4. The first kappa shape index (κ1) is 15.7. The Morgan fingerprint density at radius 3 is 2.32 bits per heavy atom. The summed E-state index contributed by atoms with van der Waals surface area (Å²) in [7, 11) is 0. The van der Waals surface area contributed by atoms with Gasteiger partial charge in [0, 0.05) is 5.54 Å². The molecule has 1 unspecified atom stereocenters. The Bertz CT molecular complexity index is 354. The highest BCUT2D eigenvalue weighted by atomic mass is 16.2. The van der Waals surface area contributed by atoms with Crippen LogP contribution >= 0.6 is 0 Å². The smallest absolute Gasteiger partial charge is 0.224 e. The zero-order valence-electron chi connectivity index (χ0n) is 12.2. The molecule has 2 atom stereocenters. The van der Waals surface area contributed by atoms with Crippen LogP contribution in [0.4, 0.5) is 0 Å². The van der Waals surface area contributed by atoms with Crippen LogP contribution in [-0.2, 0) is 9.59 Å². The van der Waals surface area contributed by atoms with Crippen molar-refractivity contribution >= 4 is 11.8 Å². The van der Waals surface area contributed by atoms with Crippen molar-refractivity contribution in [3.63, 3.8) is 0 Å². The lowest BCUT2D eigenvalue weighted by Crippen LogP contribution is -2.47. The van der Waals surface area contributed by atoms with E-state index in [1.165, 1.54) is 0 Å². The van der Waals surface area contributed by atoms with Gasteiger partial charge in [0.1, 0.15) is 0 Å². The Morgan fingerprint density at radius 1 is 1.37 bits per heavy atom. The van der Waals surface area contributed by atoms with Gasteiger partial charge in [0.05, 0.1) is 11.8 Å².